The molecule has 0 fully saturated rings. The number of carbonyl (C=O) groups excluding carboxylic acids is 1. The molecule has 0 unspecified atom stereocenters. The third-order valence-corrected chi connectivity index (χ3v) is 3.97. The smallest absolute Gasteiger partial charge is 0.270 e. The highest BCUT2D eigenvalue weighted by Gasteiger charge is 2.18. The third-order valence-electron chi connectivity index (χ3n) is 3.97. The molecule has 0 aliphatic heterocycles. The lowest BCUT2D eigenvalue weighted by molar-refractivity contribution is 0.0947. The van der Waals surface area contributed by atoms with E-state index in [1.54, 1.807) is 6.07 Å². The van der Waals surface area contributed by atoms with E-state index in [1.807, 2.05) is 32.3 Å². The van der Waals surface area contributed by atoms with Crippen LogP contribution >= 0.6 is 0 Å². The Bertz CT molecular complexity index is 737. The number of carbonyl (C=O) groups is 1. The molecule has 1 heterocycles. The number of benzene rings is 1. The predicted molar refractivity (Wildman–Crippen MR) is 106 cm³/mol. The maximum absolute atomic E-state index is 12.3. The van der Waals surface area contributed by atoms with E-state index in [0.717, 1.165) is 18.7 Å². The van der Waals surface area contributed by atoms with E-state index >= 15 is 0 Å². The van der Waals surface area contributed by atoms with E-state index < -0.39 is 0 Å². The van der Waals surface area contributed by atoms with Crippen LogP contribution in [0.1, 0.15) is 43.2 Å². The van der Waals surface area contributed by atoms with Crippen LogP contribution < -0.4 is 10.6 Å². The van der Waals surface area contributed by atoms with Crippen LogP contribution in [0.4, 0.5) is 11.5 Å². The Balaban J connectivity index is 2.07. The van der Waals surface area contributed by atoms with Gasteiger partial charge in [0.05, 0.1) is 0 Å². The van der Waals surface area contributed by atoms with E-state index in [9.17, 15) is 4.79 Å². The summed E-state index contributed by atoms with van der Waals surface area (Å²) in [5.41, 5.74) is 2.54. The summed E-state index contributed by atoms with van der Waals surface area (Å²) in [6.45, 7) is 8.05. The molecule has 0 saturated heterocycles. The summed E-state index contributed by atoms with van der Waals surface area (Å²) in [5, 5.41) is 6.22. The zero-order valence-corrected chi connectivity index (χ0v) is 16.3. The Labute approximate surface area is 156 Å². The second kappa shape index (κ2) is 8.76. The minimum absolute atomic E-state index is 0.00324. The van der Waals surface area contributed by atoms with Crippen molar-refractivity contribution in [2.24, 2.45) is 0 Å². The molecule has 0 saturated carbocycles. The van der Waals surface area contributed by atoms with Gasteiger partial charge >= 0.3 is 0 Å². The fourth-order valence-corrected chi connectivity index (χ4v) is 2.62. The number of amides is 1. The molecule has 26 heavy (non-hydrogen) atoms. The van der Waals surface area contributed by atoms with Crippen molar-refractivity contribution in [2.75, 3.05) is 32.5 Å². The minimum Gasteiger partial charge on any atom is -0.351 e. The lowest BCUT2D eigenvalue weighted by Crippen LogP contribution is -2.27. The van der Waals surface area contributed by atoms with Gasteiger partial charge < -0.3 is 15.5 Å². The molecule has 0 atom stereocenters. The molecule has 2 aromatic rings. The molecule has 0 radical (unpaired) electrons. The van der Waals surface area contributed by atoms with Gasteiger partial charge in [-0.25, -0.2) is 9.97 Å². The highest BCUT2D eigenvalue weighted by atomic mass is 16.1. The van der Waals surface area contributed by atoms with Crippen LogP contribution in [-0.4, -0.2) is 48.0 Å². The van der Waals surface area contributed by atoms with Crippen LogP contribution in [-0.2, 0) is 5.41 Å². The fourth-order valence-electron chi connectivity index (χ4n) is 2.62. The number of rotatable bonds is 7. The van der Waals surface area contributed by atoms with Gasteiger partial charge in [0.1, 0.15) is 17.8 Å². The highest BCUT2D eigenvalue weighted by Crippen LogP contribution is 2.30. The van der Waals surface area contributed by atoms with Gasteiger partial charge in [0, 0.05) is 18.3 Å². The van der Waals surface area contributed by atoms with Crippen molar-refractivity contribution in [2.45, 2.75) is 32.6 Å². The molecule has 2 N–H and O–H groups in total. The van der Waals surface area contributed by atoms with E-state index in [-0.39, 0.29) is 11.3 Å². The van der Waals surface area contributed by atoms with Crippen LogP contribution in [0.5, 0.6) is 0 Å². The van der Waals surface area contributed by atoms with Crippen LogP contribution in [0.2, 0.25) is 0 Å². The summed E-state index contributed by atoms with van der Waals surface area (Å²) in [6.07, 6.45) is 2.31. The van der Waals surface area contributed by atoms with E-state index in [0.29, 0.717) is 18.1 Å². The topological polar surface area (TPSA) is 70.2 Å². The summed E-state index contributed by atoms with van der Waals surface area (Å²) in [6, 6.07) is 9.81. The first-order valence-corrected chi connectivity index (χ1v) is 8.89. The monoisotopic (exact) mass is 355 g/mol. The summed E-state index contributed by atoms with van der Waals surface area (Å²) in [4.78, 5) is 22.7. The Morgan fingerprint density at radius 2 is 1.88 bits per heavy atom. The third kappa shape index (κ3) is 5.81. The quantitative estimate of drug-likeness (QED) is 0.747. The largest absolute Gasteiger partial charge is 0.351 e. The number of nitrogens with zero attached hydrogens (tertiary/aromatic N) is 3. The first-order chi connectivity index (χ1) is 12.3. The van der Waals surface area contributed by atoms with Crippen LogP contribution in [0, 0.1) is 0 Å². The van der Waals surface area contributed by atoms with Crippen molar-refractivity contribution in [3.63, 3.8) is 0 Å². The van der Waals surface area contributed by atoms with Crippen LogP contribution in [0.25, 0.3) is 0 Å². The maximum Gasteiger partial charge on any atom is 0.270 e. The number of aromatic nitrogens is 2. The van der Waals surface area contributed by atoms with Gasteiger partial charge in [-0.05, 0) is 44.1 Å². The molecular weight excluding hydrogens is 326 g/mol. The average molecular weight is 355 g/mol. The molecule has 0 aliphatic rings. The standard InChI is InChI=1S/C20H29N5O/c1-20(2,3)15-9-6-7-10-16(15)24-18-13-17(22-14-23-18)19(26)21-11-8-12-25(4)5/h6-7,9-10,13-14H,8,11-12H2,1-5H3,(H,21,26)(H,22,23,24). The molecule has 1 aromatic carbocycles. The zero-order valence-electron chi connectivity index (χ0n) is 16.3. The zero-order chi connectivity index (χ0) is 19.2. The molecule has 6 heteroatoms. The molecule has 1 aromatic heterocycles. The van der Waals surface area contributed by atoms with Crippen molar-refractivity contribution in [1.29, 1.82) is 0 Å². The lowest BCUT2D eigenvalue weighted by atomic mass is 9.86. The predicted octanol–water partition coefficient (Wildman–Crippen LogP) is 3.20. The van der Waals surface area contributed by atoms with Gasteiger partial charge in [-0.15, -0.1) is 0 Å². The summed E-state index contributed by atoms with van der Waals surface area (Å²) in [5.74, 6) is 0.424. The molecule has 0 bridgehead atoms. The fraction of sp³-hybridized carbons (Fsp3) is 0.450. The summed E-state index contributed by atoms with van der Waals surface area (Å²) >= 11 is 0. The van der Waals surface area contributed by atoms with Gasteiger partial charge in [0.25, 0.3) is 5.91 Å². The minimum atomic E-state index is -0.182. The van der Waals surface area contributed by atoms with E-state index in [4.69, 9.17) is 0 Å². The van der Waals surface area contributed by atoms with Gasteiger partial charge in [0.15, 0.2) is 0 Å². The average Bonchev–Trinajstić information content (AvgIpc) is 2.58. The van der Waals surface area contributed by atoms with Gasteiger partial charge in [0.2, 0.25) is 0 Å². The van der Waals surface area contributed by atoms with Crippen molar-refractivity contribution in [3.05, 3.63) is 47.9 Å². The normalized spacial score (nSPS) is 11.5. The summed E-state index contributed by atoms with van der Waals surface area (Å²) in [7, 11) is 4.03. The van der Waals surface area contributed by atoms with E-state index in [1.165, 1.54) is 11.9 Å². The van der Waals surface area contributed by atoms with Crippen LogP contribution in [0.3, 0.4) is 0 Å². The lowest BCUT2D eigenvalue weighted by Gasteiger charge is -2.23. The van der Waals surface area contributed by atoms with Gasteiger partial charge in [-0.2, -0.15) is 0 Å². The molecule has 6 nitrogen and oxygen atoms in total. The second-order valence-electron chi connectivity index (χ2n) is 7.62. The van der Waals surface area contributed by atoms with Crippen LogP contribution in [0.15, 0.2) is 36.7 Å². The molecule has 140 valence electrons. The Hall–Kier alpha value is -2.47. The number of nitrogens with one attached hydrogen (secondary N) is 2. The Kier molecular flexibility index (Phi) is 6.69. The molecule has 0 aliphatic carbocycles. The summed E-state index contributed by atoms with van der Waals surface area (Å²) < 4.78 is 0. The first-order valence-electron chi connectivity index (χ1n) is 8.89. The molecule has 2 rings (SSSR count). The highest BCUT2D eigenvalue weighted by molar-refractivity contribution is 5.92. The number of anilines is 2. The first kappa shape index (κ1) is 19.8. The number of hydrogen-bond acceptors (Lipinski definition) is 5. The van der Waals surface area contributed by atoms with E-state index in [2.05, 4.69) is 52.3 Å². The van der Waals surface area contributed by atoms with Gasteiger partial charge in [-0.1, -0.05) is 39.0 Å². The number of para-hydroxylation sites is 1. The molecule has 0 spiro atoms. The molecule has 1 amide bonds. The molecular formula is C20H29N5O. The van der Waals surface area contributed by atoms with Crippen molar-refractivity contribution < 1.29 is 4.79 Å². The Morgan fingerprint density at radius 3 is 2.58 bits per heavy atom. The SMILES string of the molecule is CN(C)CCCNC(=O)c1cc(Nc2ccccc2C(C)(C)C)ncn1. The van der Waals surface area contributed by atoms with Crippen molar-refractivity contribution in [1.82, 2.24) is 20.2 Å². The van der Waals surface area contributed by atoms with Crippen molar-refractivity contribution in [3.8, 4) is 0 Å². The Morgan fingerprint density at radius 1 is 1.15 bits per heavy atom. The second-order valence-corrected chi connectivity index (χ2v) is 7.62. The van der Waals surface area contributed by atoms with Crippen molar-refractivity contribution >= 4 is 17.4 Å². The maximum atomic E-state index is 12.3. The van der Waals surface area contributed by atoms with Gasteiger partial charge in [-0.3, -0.25) is 4.79 Å². The number of hydrogen-bond donors (Lipinski definition) is 2.